The van der Waals surface area contributed by atoms with Crippen LogP contribution >= 0.6 is 23.2 Å². The summed E-state index contributed by atoms with van der Waals surface area (Å²) in [7, 11) is 0. The predicted molar refractivity (Wildman–Crippen MR) is 86.9 cm³/mol. The minimum Gasteiger partial charge on any atom is -0.466 e. The lowest BCUT2D eigenvalue weighted by molar-refractivity contribution is -0.116. The van der Waals surface area contributed by atoms with Crippen LogP contribution in [-0.2, 0) is 11.2 Å². The molecule has 6 heteroatoms. The molecule has 0 saturated heterocycles. The van der Waals surface area contributed by atoms with Crippen molar-refractivity contribution in [3.05, 3.63) is 51.4 Å². The maximum atomic E-state index is 11.9. The van der Waals surface area contributed by atoms with Crippen molar-refractivity contribution in [1.29, 1.82) is 0 Å². The van der Waals surface area contributed by atoms with Gasteiger partial charge in [0.05, 0.1) is 15.6 Å². The molecule has 1 aromatic heterocycles. The highest BCUT2D eigenvalue weighted by molar-refractivity contribution is 6.42. The van der Waals surface area contributed by atoms with E-state index < -0.39 is 0 Å². The van der Waals surface area contributed by atoms with Crippen molar-refractivity contribution in [2.75, 3.05) is 5.32 Å². The Kier molecular flexibility index (Phi) is 5.27. The number of anilines is 1. The number of furan rings is 1. The molecule has 0 bridgehead atoms. The van der Waals surface area contributed by atoms with Gasteiger partial charge in [-0.25, -0.2) is 0 Å². The Morgan fingerprint density at radius 3 is 2.50 bits per heavy atom. The lowest BCUT2D eigenvalue weighted by Gasteiger charge is -2.05. The van der Waals surface area contributed by atoms with Crippen LogP contribution in [0.25, 0.3) is 0 Å². The summed E-state index contributed by atoms with van der Waals surface area (Å²) in [5.74, 6) is 0.976. The van der Waals surface area contributed by atoms with Crippen LogP contribution < -0.4 is 5.32 Å². The number of hydrogen-bond donors (Lipinski definition) is 1. The van der Waals surface area contributed by atoms with Crippen molar-refractivity contribution >= 4 is 40.6 Å². The summed E-state index contributed by atoms with van der Waals surface area (Å²) in [6, 6.07) is 6.57. The second-order valence-electron chi connectivity index (χ2n) is 4.92. The summed E-state index contributed by atoms with van der Waals surface area (Å²) in [5.41, 5.74) is 1.14. The number of nitrogens with one attached hydrogen (secondary N) is 1. The van der Waals surface area contributed by atoms with Gasteiger partial charge < -0.3 is 9.73 Å². The van der Waals surface area contributed by atoms with Crippen LogP contribution in [0, 0.1) is 6.92 Å². The van der Waals surface area contributed by atoms with Gasteiger partial charge in [-0.1, -0.05) is 23.2 Å². The summed E-state index contributed by atoms with van der Waals surface area (Å²) in [4.78, 5) is 23.3. The van der Waals surface area contributed by atoms with Gasteiger partial charge in [-0.05, 0) is 38.1 Å². The van der Waals surface area contributed by atoms with Gasteiger partial charge in [-0.2, -0.15) is 0 Å². The molecule has 0 aliphatic carbocycles. The zero-order chi connectivity index (χ0) is 16.3. The predicted octanol–water partition coefficient (Wildman–Crippen LogP) is 4.67. The Hall–Kier alpha value is -1.78. The number of halogens is 2. The third-order valence-corrected chi connectivity index (χ3v) is 3.89. The van der Waals surface area contributed by atoms with E-state index in [1.165, 1.54) is 6.92 Å². The molecular weight excluding hydrogens is 325 g/mol. The average Bonchev–Trinajstić information content (AvgIpc) is 2.82. The van der Waals surface area contributed by atoms with Crippen LogP contribution in [0.2, 0.25) is 10.0 Å². The molecule has 0 saturated carbocycles. The monoisotopic (exact) mass is 339 g/mol. The molecule has 2 aromatic rings. The highest BCUT2D eigenvalue weighted by atomic mass is 35.5. The van der Waals surface area contributed by atoms with Crippen LogP contribution in [0.4, 0.5) is 5.69 Å². The second-order valence-corrected chi connectivity index (χ2v) is 5.73. The van der Waals surface area contributed by atoms with Gasteiger partial charge in [0.1, 0.15) is 11.5 Å². The van der Waals surface area contributed by atoms with Crippen molar-refractivity contribution in [2.24, 2.45) is 0 Å². The molecule has 1 amide bonds. The zero-order valence-corrected chi connectivity index (χ0v) is 13.7. The van der Waals surface area contributed by atoms with E-state index in [2.05, 4.69) is 5.32 Å². The first-order valence-electron chi connectivity index (χ1n) is 6.72. The third kappa shape index (κ3) is 4.12. The lowest BCUT2D eigenvalue weighted by Crippen LogP contribution is -2.12. The highest BCUT2D eigenvalue weighted by Crippen LogP contribution is 2.25. The van der Waals surface area contributed by atoms with Crippen molar-refractivity contribution in [3.8, 4) is 0 Å². The molecule has 1 aromatic carbocycles. The zero-order valence-electron chi connectivity index (χ0n) is 12.2. The normalized spacial score (nSPS) is 10.5. The number of hydrogen-bond acceptors (Lipinski definition) is 3. The Morgan fingerprint density at radius 2 is 1.91 bits per heavy atom. The number of carbonyl (C=O) groups is 2. The summed E-state index contributed by atoms with van der Waals surface area (Å²) >= 11 is 11.7. The molecular formula is C16H15Cl2NO3. The maximum Gasteiger partial charge on any atom is 0.224 e. The Bertz CT molecular complexity index is 722. The fraction of sp³-hybridized carbons (Fsp3) is 0.250. The number of carbonyl (C=O) groups excluding carboxylic acids is 2. The average molecular weight is 340 g/mol. The minimum atomic E-state index is -0.170. The first-order valence-corrected chi connectivity index (χ1v) is 7.47. The second kappa shape index (κ2) is 6.99. The molecule has 116 valence electrons. The largest absolute Gasteiger partial charge is 0.466 e. The number of rotatable bonds is 5. The molecule has 0 unspecified atom stereocenters. The number of Topliss-reactive ketones (excluding diaryl/α,β-unsaturated/α-hetero) is 1. The molecule has 22 heavy (non-hydrogen) atoms. The van der Waals surface area contributed by atoms with Crippen molar-refractivity contribution in [3.63, 3.8) is 0 Å². The van der Waals surface area contributed by atoms with Gasteiger partial charge in [-0.15, -0.1) is 0 Å². The van der Waals surface area contributed by atoms with Crippen LogP contribution in [-0.4, -0.2) is 11.7 Å². The van der Waals surface area contributed by atoms with Gasteiger partial charge >= 0.3 is 0 Å². The Morgan fingerprint density at radius 1 is 1.18 bits per heavy atom. The number of benzene rings is 1. The smallest absolute Gasteiger partial charge is 0.224 e. The lowest BCUT2D eigenvalue weighted by atomic mass is 10.1. The van der Waals surface area contributed by atoms with E-state index in [1.54, 1.807) is 31.2 Å². The standard InChI is InChI=1S/C16H15Cl2NO3/c1-9(20)13-8-12(22-10(13)2)4-6-16(21)19-11-3-5-14(17)15(18)7-11/h3,5,7-8H,4,6H2,1-2H3,(H,19,21). The van der Waals surface area contributed by atoms with E-state index in [9.17, 15) is 9.59 Å². The van der Waals surface area contributed by atoms with Crippen LogP contribution in [0.5, 0.6) is 0 Å². The number of aryl methyl sites for hydroxylation is 2. The number of ketones is 1. The molecule has 1 N–H and O–H groups in total. The molecule has 0 fully saturated rings. The molecule has 0 aliphatic rings. The summed E-state index contributed by atoms with van der Waals surface area (Å²) < 4.78 is 5.47. The number of amides is 1. The topological polar surface area (TPSA) is 59.3 Å². The Labute approximate surface area is 138 Å². The summed E-state index contributed by atoms with van der Waals surface area (Å²) in [6.45, 7) is 3.22. The first-order chi connectivity index (χ1) is 10.4. The van der Waals surface area contributed by atoms with Gasteiger partial charge in [0.2, 0.25) is 5.91 Å². The third-order valence-electron chi connectivity index (χ3n) is 3.15. The highest BCUT2D eigenvalue weighted by Gasteiger charge is 2.12. The van der Waals surface area contributed by atoms with E-state index in [0.717, 1.165) is 0 Å². The SMILES string of the molecule is CC(=O)c1cc(CCC(=O)Nc2ccc(Cl)c(Cl)c2)oc1C. The molecule has 0 spiro atoms. The van der Waals surface area contributed by atoms with E-state index >= 15 is 0 Å². The molecule has 0 aliphatic heterocycles. The van der Waals surface area contributed by atoms with Crippen LogP contribution in [0.3, 0.4) is 0 Å². The van der Waals surface area contributed by atoms with Crippen molar-refractivity contribution < 1.29 is 14.0 Å². The van der Waals surface area contributed by atoms with Gasteiger partial charge in [0.25, 0.3) is 0 Å². The van der Waals surface area contributed by atoms with Gasteiger partial charge in [0.15, 0.2) is 5.78 Å². The quantitative estimate of drug-likeness (QED) is 0.805. The molecule has 0 atom stereocenters. The minimum absolute atomic E-state index is 0.0484. The van der Waals surface area contributed by atoms with E-state index in [-0.39, 0.29) is 18.1 Å². The summed E-state index contributed by atoms with van der Waals surface area (Å²) in [5, 5.41) is 3.55. The maximum absolute atomic E-state index is 11.9. The molecule has 0 radical (unpaired) electrons. The van der Waals surface area contributed by atoms with E-state index in [1.807, 2.05) is 0 Å². The first kappa shape index (κ1) is 16.6. The Balaban J connectivity index is 1.94. The van der Waals surface area contributed by atoms with E-state index in [4.69, 9.17) is 27.6 Å². The van der Waals surface area contributed by atoms with Crippen LogP contribution in [0.1, 0.15) is 35.2 Å². The fourth-order valence-electron chi connectivity index (χ4n) is 2.05. The van der Waals surface area contributed by atoms with Crippen molar-refractivity contribution in [1.82, 2.24) is 0 Å². The molecule has 1 heterocycles. The summed E-state index contributed by atoms with van der Waals surface area (Å²) in [6.07, 6.45) is 0.659. The van der Waals surface area contributed by atoms with Gasteiger partial charge in [-0.3, -0.25) is 9.59 Å². The molecule has 4 nitrogen and oxygen atoms in total. The van der Waals surface area contributed by atoms with Crippen LogP contribution in [0.15, 0.2) is 28.7 Å². The van der Waals surface area contributed by atoms with Crippen molar-refractivity contribution in [2.45, 2.75) is 26.7 Å². The molecule has 2 rings (SSSR count). The fourth-order valence-corrected chi connectivity index (χ4v) is 2.35. The van der Waals surface area contributed by atoms with E-state index in [0.29, 0.717) is 39.2 Å². The van der Waals surface area contributed by atoms with Gasteiger partial charge in [0, 0.05) is 18.5 Å².